The van der Waals surface area contributed by atoms with Crippen LogP contribution in [0.15, 0.2) is 48.7 Å². The standard InChI is InChI=1S/C18H14ClFN2O/c19-11-1-4-13(5-2-11)22-17(23)18(7-8-18)15-10-21-16-6-3-12(20)9-14(15)16/h1-6,9-10,21H,7-8H2,(H,22,23). The van der Waals surface area contributed by atoms with Gasteiger partial charge < -0.3 is 10.3 Å². The van der Waals surface area contributed by atoms with Gasteiger partial charge in [-0.05, 0) is 60.9 Å². The molecule has 1 heterocycles. The molecule has 0 aliphatic heterocycles. The lowest BCUT2D eigenvalue weighted by atomic mass is 9.94. The number of fused-ring (bicyclic) bond motifs is 1. The summed E-state index contributed by atoms with van der Waals surface area (Å²) in [6.45, 7) is 0. The second-order valence-electron chi connectivity index (χ2n) is 5.94. The van der Waals surface area contributed by atoms with Crippen LogP contribution in [0.3, 0.4) is 0 Å². The summed E-state index contributed by atoms with van der Waals surface area (Å²) in [6, 6.07) is 11.6. The van der Waals surface area contributed by atoms with Gasteiger partial charge in [0.2, 0.25) is 5.91 Å². The molecular weight excluding hydrogens is 315 g/mol. The predicted molar refractivity (Wildman–Crippen MR) is 89.3 cm³/mol. The molecule has 4 rings (SSSR count). The number of halogens is 2. The molecule has 0 atom stereocenters. The van der Waals surface area contributed by atoms with Crippen molar-refractivity contribution in [3.8, 4) is 0 Å². The average Bonchev–Trinajstić information content (AvgIpc) is 3.24. The summed E-state index contributed by atoms with van der Waals surface area (Å²) >= 11 is 5.86. The van der Waals surface area contributed by atoms with E-state index in [0.29, 0.717) is 10.7 Å². The van der Waals surface area contributed by atoms with Gasteiger partial charge >= 0.3 is 0 Å². The highest BCUT2D eigenvalue weighted by atomic mass is 35.5. The van der Waals surface area contributed by atoms with Crippen molar-refractivity contribution in [1.82, 2.24) is 4.98 Å². The van der Waals surface area contributed by atoms with Gasteiger partial charge in [-0.1, -0.05) is 11.6 Å². The maximum Gasteiger partial charge on any atom is 0.235 e. The molecule has 3 aromatic rings. The summed E-state index contributed by atoms with van der Waals surface area (Å²) in [6.07, 6.45) is 3.34. The number of carbonyl (C=O) groups excluding carboxylic acids is 1. The Bertz CT molecular complexity index is 897. The first kappa shape index (κ1) is 14.3. The molecule has 2 aromatic carbocycles. The number of carbonyl (C=O) groups is 1. The second kappa shape index (κ2) is 5.10. The van der Waals surface area contributed by atoms with Crippen molar-refractivity contribution in [2.24, 2.45) is 0 Å². The normalized spacial score (nSPS) is 15.6. The van der Waals surface area contributed by atoms with Crippen molar-refractivity contribution < 1.29 is 9.18 Å². The number of hydrogen-bond acceptors (Lipinski definition) is 1. The predicted octanol–water partition coefficient (Wildman–Crippen LogP) is 4.63. The largest absolute Gasteiger partial charge is 0.361 e. The fraction of sp³-hybridized carbons (Fsp3) is 0.167. The zero-order valence-corrected chi connectivity index (χ0v) is 13.0. The zero-order valence-electron chi connectivity index (χ0n) is 12.2. The maximum atomic E-state index is 13.6. The van der Waals surface area contributed by atoms with E-state index in [9.17, 15) is 9.18 Å². The van der Waals surface area contributed by atoms with E-state index < -0.39 is 5.41 Å². The Morgan fingerprint density at radius 1 is 1.17 bits per heavy atom. The molecule has 2 N–H and O–H groups in total. The summed E-state index contributed by atoms with van der Waals surface area (Å²) in [5.74, 6) is -0.364. The fourth-order valence-electron chi connectivity index (χ4n) is 3.02. The molecule has 5 heteroatoms. The summed E-state index contributed by atoms with van der Waals surface area (Å²) in [5, 5.41) is 4.33. The summed E-state index contributed by atoms with van der Waals surface area (Å²) in [7, 11) is 0. The Morgan fingerprint density at radius 2 is 1.91 bits per heavy atom. The number of aromatic nitrogens is 1. The topological polar surface area (TPSA) is 44.9 Å². The van der Waals surface area contributed by atoms with Crippen LogP contribution in [0.4, 0.5) is 10.1 Å². The summed E-state index contributed by atoms with van der Waals surface area (Å²) < 4.78 is 13.6. The van der Waals surface area contributed by atoms with Gasteiger partial charge in [-0.3, -0.25) is 4.79 Å². The first-order chi connectivity index (χ1) is 11.1. The maximum absolute atomic E-state index is 13.6. The molecule has 1 amide bonds. The Morgan fingerprint density at radius 3 is 2.61 bits per heavy atom. The number of anilines is 1. The third-order valence-corrected chi connectivity index (χ3v) is 4.70. The number of rotatable bonds is 3. The van der Waals surface area contributed by atoms with E-state index in [1.165, 1.54) is 12.1 Å². The van der Waals surface area contributed by atoms with Gasteiger partial charge in [0.15, 0.2) is 0 Å². The van der Waals surface area contributed by atoms with E-state index in [2.05, 4.69) is 10.3 Å². The molecule has 1 aliphatic carbocycles. The van der Waals surface area contributed by atoms with E-state index in [0.717, 1.165) is 29.3 Å². The first-order valence-corrected chi connectivity index (χ1v) is 7.80. The average molecular weight is 329 g/mol. The monoisotopic (exact) mass is 328 g/mol. The third-order valence-electron chi connectivity index (χ3n) is 4.45. The van der Waals surface area contributed by atoms with Crippen molar-refractivity contribution in [2.75, 3.05) is 5.32 Å². The smallest absolute Gasteiger partial charge is 0.235 e. The van der Waals surface area contributed by atoms with Crippen LogP contribution in [0, 0.1) is 5.82 Å². The van der Waals surface area contributed by atoms with Gasteiger partial charge in [-0.15, -0.1) is 0 Å². The van der Waals surface area contributed by atoms with Crippen LogP contribution in [-0.2, 0) is 10.2 Å². The number of amides is 1. The van der Waals surface area contributed by atoms with Crippen molar-refractivity contribution >= 4 is 34.1 Å². The van der Waals surface area contributed by atoms with Gasteiger partial charge in [-0.2, -0.15) is 0 Å². The Balaban J connectivity index is 1.68. The van der Waals surface area contributed by atoms with E-state index in [1.807, 2.05) is 6.20 Å². The fourth-order valence-corrected chi connectivity index (χ4v) is 3.14. The van der Waals surface area contributed by atoms with Crippen LogP contribution in [0.2, 0.25) is 5.02 Å². The van der Waals surface area contributed by atoms with E-state index >= 15 is 0 Å². The number of H-pyrrole nitrogens is 1. The minimum absolute atomic E-state index is 0.0648. The molecule has 0 radical (unpaired) electrons. The molecule has 1 aliphatic rings. The molecule has 0 saturated heterocycles. The molecular formula is C18H14ClFN2O. The van der Waals surface area contributed by atoms with Crippen LogP contribution in [0.5, 0.6) is 0 Å². The zero-order chi connectivity index (χ0) is 16.0. The highest BCUT2D eigenvalue weighted by Crippen LogP contribution is 2.51. The van der Waals surface area contributed by atoms with Gasteiger partial charge in [-0.25, -0.2) is 4.39 Å². The first-order valence-electron chi connectivity index (χ1n) is 7.43. The van der Waals surface area contributed by atoms with Gasteiger partial charge in [0.05, 0.1) is 5.41 Å². The van der Waals surface area contributed by atoms with E-state index in [-0.39, 0.29) is 11.7 Å². The molecule has 116 valence electrons. The quantitative estimate of drug-likeness (QED) is 0.723. The lowest BCUT2D eigenvalue weighted by Crippen LogP contribution is -2.27. The van der Waals surface area contributed by atoms with Crippen LogP contribution in [0.25, 0.3) is 10.9 Å². The third kappa shape index (κ3) is 2.39. The van der Waals surface area contributed by atoms with Crippen LogP contribution >= 0.6 is 11.6 Å². The van der Waals surface area contributed by atoms with Crippen LogP contribution in [-0.4, -0.2) is 10.9 Å². The summed E-state index contributed by atoms with van der Waals surface area (Å²) in [4.78, 5) is 15.9. The molecule has 0 spiro atoms. The summed E-state index contributed by atoms with van der Waals surface area (Å²) in [5.41, 5.74) is 1.83. The lowest BCUT2D eigenvalue weighted by Gasteiger charge is -2.15. The Labute approximate surface area is 137 Å². The van der Waals surface area contributed by atoms with Crippen molar-refractivity contribution in [3.05, 3.63) is 65.1 Å². The van der Waals surface area contributed by atoms with Crippen molar-refractivity contribution in [2.45, 2.75) is 18.3 Å². The Hall–Kier alpha value is -2.33. The molecule has 3 nitrogen and oxygen atoms in total. The van der Waals surface area contributed by atoms with Crippen LogP contribution < -0.4 is 5.32 Å². The van der Waals surface area contributed by atoms with Crippen molar-refractivity contribution in [3.63, 3.8) is 0 Å². The lowest BCUT2D eigenvalue weighted by molar-refractivity contribution is -0.118. The minimum atomic E-state index is -0.578. The Kier molecular flexibility index (Phi) is 3.16. The molecule has 23 heavy (non-hydrogen) atoms. The van der Waals surface area contributed by atoms with Crippen LogP contribution in [0.1, 0.15) is 18.4 Å². The minimum Gasteiger partial charge on any atom is -0.361 e. The highest BCUT2D eigenvalue weighted by molar-refractivity contribution is 6.30. The van der Waals surface area contributed by atoms with E-state index in [4.69, 9.17) is 11.6 Å². The second-order valence-corrected chi connectivity index (χ2v) is 6.37. The molecule has 1 fully saturated rings. The SMILES string of the molecule is O=C(Nc1ccc(Cl)cc1)C1(c2c[nH]c3ccc(F)cc23)CC1. The van der Waals surface area contributed by atoms with Crippen molar-refractivity contribution in [1.29, 1.82) is 0 Å². The van der Waals surface area contributed by atoms with Gasteiger partial charge in [0, 0.05) is 27.8 Å². The number of hydrogen-bond donors (Lipinski definition) is 2. The number of nitrogens with one attached hydrogen (secondary N) is 2. The molecule has 1 aromatic heterocycles. The highest BCUT2D eigenvalue weighted by Gasteiger charge is 2.52. The number of aromatic amines is 1. The molecule has 0 unspecified atom stereocenters. The van der Waals surface area contributed by atoms with Gasteiger partial charge in [0.1, 0.15) is 5.82 Å². The number of benzene rings is 2. The molecule has 1 saturated carbocycles. The van der Waals surface area contributed by atoms with Gasteiger partial charge in [0.25, 0.3) is 0 Å². The van der Waals surface area contributed by atoms with E-state index in [1.54, 1.807) is 30.3 Å². The molecule has 0 bridgehead atoms.